The van der Waals surface area contributed by atoms with Crippen molar-refractivity contribution < 1.29 is 4.79 Å². The zero-order valence-electron chi connectivity index (χ0n) is 16.9. The number of carbonyl (C=O) groups excluding carboxylic acids is 1. The van der Waals surface area contributed by atoms with Crippen LogP contribution < -0.4 is 5.32 Å². The lowest BCUT2D eigenvalue weighted by atomic mass is 10.1. The molecule has 7 heteroatoms. The number of aryl methyl sites for hydroxylation is 1. The van der Waals surface area contributed by atoms with Crippen molar-refractivity contribution in [2.45, 2.75) is 25.6 Å². The largest absolute Gasteiger partial charge is 0.346 e. The van der Waals surface area contributed by atoms with E-state index >= 15 is 0 Å². The molecule has 0 spiro atoms. The van der Waals surface area contributed by atoms with Gasteiger partial charge in [0.05, 0.1) is 25.1 Å². The third-order valence-corrected chi connectivity index (χ3v) is 5.05. The van der Waals surface area contributed by atoms with Crippen LogP contribution in [0.25, 0.3) is 17.0 Å². The molecule has 0 aliphatic carbocycles. The first-order valence-electron chi connectivity index (χ1n) is 10.1. The number of fused-ring (bicyclic) bond motifs is 1. The van der Waals surface area contributed by atoms with Gasteiger partial charge in [-0.15, -0.1) is 0 Å². The number of nitriles is 1. The summed E-state index contributed by atoms with van der Waals surface area (Å²) < 4.78 is 3.75. The molecule has 0 fully saturated rings. The summed E-state index contributed by atoms with van der Waals surface area (Å²) in [5, 5.41) is 17.2. The Labute approximate surface area is 180 Å². The first-order valence-corrected chi connectivity index (χ1v) is 10.1. The van der Waals surface area contributed by atoms with Crippen LogP contribution >= 0.6 is 0 Å². The Hall–Kier alpha value is -4.18. The van der Waals surface area contributed by atoms with E-state index in [0.29, 0.717) is 19.5 Å². The van der Waals surface area contributed by atoms with Crippen molar-refractivity contribution in [3.05, 3.63) is 90.7 Å². The topological polar surface area (TPSA) is 88.5 Å². The van der Waals surface area contributed by atoms with E-state index in [1.807, 2.05) is 71.4 Å². The molecule has 31 heavy (non-hydrogen) atoms. The lowest BCUT2D eigenvalue weighted by Gasteiger charge is -2.18. The van der Waals surface area contributed by atoms with Gasteiger partial charge in [0.2, 0.25) is 5.91 Å². The number of hydrogen-bond acceptors (Lipinski definition) is 4. The lowest BCUT2D eigenvalue weighted by molar-refractivity contribution is -0.117. The van der Waals surface area contributed by atoms with Crippen LogP contribution in [0.1, 0.15) is 23.6 Å². The summed E-state index contributed by atoms with van der Waals surface area (Å²) in [6, 6.07) is 19.7. The van der Waals surface area contributed by atoms with Crippen molar-refractivity contribution in [2.75, 3.05) is 0 Å². The molecule has 0 aliphatic rings. The lowest BCUT2D eigenvalue weighted by Crippen LogP contribution is -2.30. The summed E-state index contributed by atoms with van der Waals surface area (Å²) in [6.45, 7) is 1.10. The summed E-state index contributed by atoms with van der Waals surface area (Å²) in [4.78, 5) is 16.7. The molecule has 2 heterocycles. The van der Waals surface area contributed by atoms with Crippen LogP contribution in [0.3, 0.4) is 0 Å². The van der Waals surface area contributed by atoms with E-state index in [4.69, 9.17) is 5.26 Å². The quantitative estimate of drug-likeness (QED) is 0.449. The van der Waals surface area contributed by atoms with Crippen LogP contribution in [-0.4, -0.2) is 25.2 Å². The number of carbonyl (C=O) groups is 1. The average molecular weight is 410 g/mol. The second-order valence-corrected chi connectivity index (χ2v) is 7.13. The number of para-hydroxylation sites is 1. The Kier molecular flexibility index (Phi) is 6.19. The molecule has 7 nitrogen and oxygen atoms in total. The first kappa shape index (κ1) is 20.1. The van der Waals surface area contributed by atoms with Gasteiger partial charge in [-0.3, -0.25) is 9.48 Å². The molecule has 154 valence electrons. The standard InChI is InChI=1S/C24H22N6O/c25-13-6-14-29-15-20(21-9-4-5-10-23(21)29)11-12-24(31)28-22(16-30-18-26-17-27-30)19-7-2-1-3-8-19/h1-5,7-12,15,17-18,22H,6,14,16H2,(H,28,31)/b12-11+. The molecule has 0 aliphatic heterocycles. The number of hydrogen-bond donors (Lipinski definition) is 1. The third-order valence-electron chi connectivity index (χ3n) is 5.05. The van der Waals surface area contributed by atoms with Gasteiger partial charge in [0, 0.05) is 35.3 Å². The van der Waals surface area contributed by atoms with Crippen molar-refractivity contribution in [1.29, 1.82) is 5.26 Å². The van der Waals surface area contributed by atoms with Crippen LogP contribution in [0, 0.1) is 11.3 Å². The minimum atomic E-state index is -0.239. The molecule has 1 unspecified atom stereocenters. The number of nitrogens with one attached hydrogen (secondary N) is 1. The minimum Gasteiger partial charge on any atom is -0.346 e. The van der Waals surface area contributed by atoms with Gasteiger partial charge >= 0.3 is 0 Å². The molecule has 2 aromatic carbocycles. The number of benzene rings is 2. The van der Waals surface area contributed by atoms with Crippen LogP contribution in [0.5, 0.6) is 0 Å². The van der Waals surface area contributed by atoms with E-state index < -0.39 is 0 Å². The molecule has 1 atom stereocenters. The van der Waals surface area contributed by atoms with Gasteiger partial charge < -0.3 is 9.88 Å². The number of rotatable bonds is 8. The van der Waals surface area contributed by atoms with E-state index in [1.54, 1.807) is 17.1 Å². The van der Waals surface area contributed by atoms with Crippen LogP contribution in [-0.2, 0) is 17.9 Å². The minimum absolute atomic E-state index is 0.192. The summed E-state index contributed by atoms with van der Waals surface area (Å²) in [7, 11) is 0. The van der Waals surface area contributed by atoms with Crippen LogP contribution in [0.4, 0.5) is 0 Å². The van der Waals surface area contributed by atoms with Gasteiger partial charge in [-0.2, -0.15) is 10.4 Å². The Morgan fingerprint density at radius 3 is 2.74 bits per heavy atom. The van der Waals surface area contributed by atoms with E-state index in [-0.39, 0.29) is 11.9 Å². The molecular weight excluding hydrogens is 388 g/mol. The van der Waals surface area contributed by atoms with Gasteiger partial charge in [0.1, 0.15) is 12.7 Å². The van der Waals surface area contributed by atoms with Gasteiger partial charge in [0.15, 0.2) is 0 Å². The molecule has 0 saturated heterocycles. The van der Waals surface area contributed by atoms with Gasteiger partial charge in [0.25, 0.3) is 0 Å². The van der Waals surface area contributed by atoms with Crippen molar-refractivity contribution in [2.24, 2.45) is 0 Å². The highest BCUT2D eigenvalue weighted by molar-refractivity contribution is 5.96. The molecule has 1 N–H and O–H groups in total. The Morgan fingerprint density at radius 1 is 1.16 bits per heavy atom. The van der Waals surface area contributed by atoms with Crippen molar-refractivity contribution in [3.8, 4) is 6.07 Å². The molecule has 4 aromatic rings. The highest BCUT2D eigenvalue weighted by Crippen LogP contribution is 2.23. The van der Waals surface area contributed by atoms with Crippen LogP contribution in [0.2, 0.25) is 0 Å². The Balaban J connectivity index is 1.53. The second kappa shape index (κ2) is 9.55. The summed E-state index contributed by atoms with van der Waals surface area (Å²) >= 11 is 0. The fraction of sp³-hybridized carbons (Fsp3) is 0.167. The maximum absolute atomic E-state index is 12.8. The molecule has 1 amide bonds. The zero-order valence-corrected chi connectivity index (χ0v) is 16.9. The highest BCUT2D eigenvalue weighted by Gasteiger charge is 2.14. The second-order valence-electron chi connectivity index (χ2n) is 7.13. The zero-order chi connectivity index (χ0) is 21.5. The Bertz CT molecular complexity index is 1220. The first-order chi connectivity index (χ1) is 15.2. The van der Waals surface area contributed by atoms with Gasteiger partial charge in [-0.1, -0.05) is 48.5 Å². The normalized spacial score (nSPS) is 12.1. The SMILES string of the molecule is N#CCCn1cc(/C=C/C(=O)NC(Cn2cncn2)c2ccccc2)c2ccccc21. The average Bonchev–Trinajstić information content (AvgIpc) is 3.44. The predicted molar refractivity (Wildman–Crippen MR) is 119 cm³/mol. The van der Waals surface area contributed by atoms with Crippen LogP contribution in [0.15, 0.2) is 79.5 Å². The predicted octanol–water partition coefficient (Wildman–Crippen LogP) is 3.72. The maximum Gasteiger partial charge on any atom is 0.244 e. The smallest absolute Gasteiger partial charge is 0.244 e. The molecule has 0 bridgehead atoms. The molecule has 0 saturated carbocycles. The molecular formula is C24H22N6O. The van der Waals surface area contributed by atoms with Crippen molar-refractivity contribution in [3.63, 3.8) is 0 Å². The van der Waals surface area contributed by atoms with E-state index in [1.165, 1.54) is 6.33 Å². The van der Waals surface area contributed by atoms with Gasteiger partial charge in [-0.05, 0) is 17.7 Å². The monoisotopic (exact) mass is 410 g/mol. The van der Waals surface area contributed by atoms with E-state index in [0.717, 1.165) is 22.0 Å². The fourth-order valence-corrected chi connectivity index (χ4v) is 3.58. The van der Waals surface area contributed by atoms with E-state index in [2.05, 4.69) is 21.5 Å². The Morgan fingerprint density at radius 2 is 1.97 bits per heavy atom. The summed E-state index contributed by atoms with van der Waals surface area (Å²) in [5.74, 6) is -0.192. The van der Waals surface area contributed by atoms with E-state index in [9.17, 15) is 4.79 Å². The summed E-state index contributed by atoms with van der Waals surface area (Å²) in [6.07, 6.45) is 8.89. The van der Waals surface area contributed by atoms with Crippen molar-refractivity contribution in [1.82, 2.24) is 24.6 Å². The number of nitrogens with zero attached hydrogens (tertiary/aromatic N) is 5. The fourth-order valence-electron chi connectivity index (χ4n) is 3.58. The summed E-state index contributed by atoms with van der Waals surface area (Å²) in [5.41, 5.74) is 2.98. The van der Waals surface area contributed by atoms with Gasteiger partial charge in [-0.25, -0.2) is 4.98 Å². The molecule has 0 radical (unpaired) electrons. The number of amides is 1. The number of aromatic nitrogens is 4. The molecule has 2 aromatic heterocycles. The highest BCUT2D eigenvalue weighted by atomic mass is 16.1. The third kappa shape index (κ3) is 4.87. The van der Waals surface area contributed by atoms with Crippen molar-refractivity contribution >= 4 is 22.9 Å². The molecule has 4 rings (SSSR count). The maximum atomic E-state index is 12.8.